The Kier molecular flexibility index (Phi) is 10.0. The Labute approximate surface area is 264 Å². The molecule has 2 N–H and O–H groups in total. The Morgan fingerprint density at radius 3 is 2.64 bits per heavy atom. The molecule has 1 aromatic heterocycles. The summed E-state index contributed by atoms with van der Waals surface area (Å²) in [6.07, 6.45) is 6.92. The molecule has 0 saturated heterocycles. The van der Waals surface area contributed by atoms with Crippen LogP contribution in [0.3, 0.4) is 0 Å². The van der Waals surface area contributed by atoms with E-state index >= 15 is 0 Å². The second kappa shape index (κ2) is 14.1. The number of carbonyl (C=O) groups excluding carboxylic acids is 2. The van der Waals surface area contributed by atoms with Crippen molar-refractivity contribution in [2.24, 2.45) is 0 Å². The molecular formula is C35H39N3O6S. The minimum absolute atomic E-state index is 0.108. The Hall–Kier alpha value is -4.41. The molecule has 236 valence electrons. The molecule has 5 rings (SSSR count). The molecule has 10 heteroatoms. The van der Waals surface area contributed by atoms with E-state index in [1.807, 2.05) is 52.9 Å². The number of amides is 2. The lowest BCUT2D eigenvalue weighted by atomic mass is 9.93. The highest BCUT2D eigenvalue weighted by molar-refractivity contribution is 7.85. The van der Waals surface area contributed by atoms with Crippen molar-refractivity contribution in [2.75, 3.05) is 30.3 Å². The van der Waals surface area contributed by atoms with E-state index in [4.69, 9.17) is 9.29 Å². The molecule has 0 aliphatic carbocycles. The number of carbonyl (C=O) groups is 2. The molecule has 2 heterocycles. The SMILES string of the molecule is Cc1cccc(OCCCC(=O)N2CCCc3c(-c4ccn(Cc5cccc(C(=O)NCCS(=O)(=O)O)c5)c4)cccc32)c1C. The molecule has 3 aromatic carbocycles. The van der Waals surface area contributed by atoms with Crippen LogP contribution in [-0.2, 0) is 27.9 Å². The number of hydrogen-bond acceptors (Lipinski definition) is 5. The zero-order chi connectivity index (χ0) is 32.0. The largest absolute Gasteiger partial charge is 0.493 e. The molecule has 0 unspecified atom stereocenters. The van der Waals surface area contributed by atoms with Gasteiger partial charge in [0.15, 0.2) is 0 Å². The number of nitrogens with zero attached hydrogens (tertiary/aromatic N) is 2. The van der Waals surface area contributed by atoms with Gasteiger partial charge in [0.25, 0.3) is 16.0 Å². The molecule has 2 amide bonds. The van der Waals surface area contributed by atoms with E-state index in [0.29, 0.717) is 38.1 Å². The summed E-state index contributed by atoms with van der Waals surface area (Å²) >= 11 is 0. The van der Waals surface area contributed by atoms with E-state index in [2.05, 4.69) is 36.6 Å². The zero-order valence-corrected chi connectivity index (χ0v) is 26.5. The molecule has 1 aliphatic heterocycles. The molecule has 0 atom stereocenters. The van der Waals surface area contributed by atoms with Gasteiger partial charge in [0.2, 0.25) is 5.91 Å². The summed E-state index contributed by atoms with van der Waals surface area (Å²) in [4.78, 5) is 27.7. The highest BCUT2D eigenvalue weighted by Gasteiger charge is 2.24. The van der Waals surface area contributed by atoms with Gasteiger partial charge in [-0.3, -0.25) is 14.1 Å². The summed E-state index contributed by atoms with van der Waals surface area (Å²) in [5.41, 5.74) is 7.94. The second-order valence-electron chi connectivity index (χ2n) is 11.4. The number of anilines is 1. The summed E-state index contributed by atoms with van der Waals surface area (Å²) in [7, 11) is -4.14. The van der Waals surface area contributed by atoms with Crippen molar-refractivity contribution in [2.45, 2.75) is 46.1 Å². The first-order chi connectivity index (χ1) is 21.6. The van der Waals surface area contributed by atoms with Crippen molar-refractivity contribution >= 4 is 27.6 Å². The van der Waals surface area contributed by atoms with Crippen LogP contribution in [0.1, 0.15) is 51.9 Å². The Morgan fingerprint density at radius 2 is 1.82 bits per heavy atom. The molecule has 4 aromatic rings. The molecular weight excluding hydrogens is 590 g/mol. The Bertz CT molecular complexity index is 1800. The minimum Gasteiger partial charge on any atom is -0.493 e. The number of benzene rings is 3. The van der Waals surface area contributed by atoms with Crippen LogP contribution in [-0.4, -0.2) is 54.8 Å². The fourth-order valence-corrected chi connectivity index (χ4v) is 6.05. The quantitative estimate of drug-likeness (QED) is 0.156. The number of hydrogen-bond donors (Lipinski definition) is 2. The van der Waals surface area contributed by atoms with Crippen LogP contribution in [0.25, 0.3) is 11.1 Å². The molecule has 0 saturated carbocycles. The van der Waals surface area contributed by atoms with Gasteiger partial charge in [-0.25, -0.2) is 0 Å². The molecule has 45 heavy (non-hydrogen) atoms. The van der Waals surface area contributed by atoms with Gasteiger partial charge in [-0.15, -0.1) is 0 Å². The standard InChI is InChI=1S/C35H39N3O6S/c1-25-8-3-14-33(26(25)2)44-20-7-15-34(39)38-18-6-12-31-30(11-5-13-32(31)38)29-16-19-37(24-29)23-27-9-4-10-28(22-27)35(40)36-17-21-45(41,42)43/h3-5,8-11,13-14,16,19,22,24H,6-7,12,15,17-18,20-21,23H2,1-2H3,(H,36,40)(H,41,42,43). The van der Waals surface area contributed by atoms with Crippen LogP contribution in [0, 0.1) is 13.8 Å². The normalized spacial score (nSPS) is 12.9. The van der Waals surface area contributed by atoms with Crippen LogP contribution in [0.15, 0.2) is 79.1 Å². The summed E-state index contributed by atoms with van der Waals surface area (Å²) < 4.78 is 38.7. The fraction of sp³-hybridized carbons (Fsp3) is 0.314. The summed E-state index contributed by atoms with van der Waals surface area (Å²) in [5, 5.41) is 2.52. The maximum Gasteiger partial charge on any atom is 0.266 e. The monoisotopic (exact) mass is 629 g/mol. The van der Waals surface area contributed by atoms with Gasteiger partial charge in [-0.1, -0.05) is 36.4 Å². The third-order valence-corrected chi connectivity index (χ3v) is 8.88. The lowest BCUT2D eigenvalue weighted by Gasteiger charge is -2.31. The van der Waals surface area contributed by atoms with E-state index < -0.39 is 21.8 Å². The van der Waals surface area contributed by atoms with Gasteiger partial charge in [-0.05, 0) is 96.8 Å². The number of aromatic nitrogens is 1. The number of aryl methyl sites for hydroxylation is 1. The van der Waals surface area contributed by atoms with Gasteiger partial charge in [0, 0.05) is 49.7 Å². The first kappa shape index (κ1) is 32.0. The van der Waals surface area contributed by atoms with E-state index in [-0.39, 0.29) is 12.5 Å². The Balaban J connectivity index is 1.22. The van der Waals surface area contributed by atoms with Gasteiger partial charge in [-0.2, -0.15) is 8.42 Å². The number of fused-ring (bicyclic) bond motifs is 1. The Morgan fingerprint density at radius 1 is 1.02 bits per heavy atom. The number of ether oxygens (including phenoxy) is 1. The van der Waals surface area contributed by atoms with Gasteiger partial charge >= 0.3 is 0 Å². The zero-order valence-electron chi connectivity index (χ0n) is 25.7. The first-order valence-corrected chi connectivity index (χ1v) is 16.8. The van der Waals surface area contributed by atoms with Crippen molar-refractivity contribution in [1.29, 1.82) is 0 Å². The third kappa shape index (κ3) is 8.20. The van der Waals surface area contributed by atoms with E-state index in [9.17, 15) is 18.0 Å². The maximum atomic E-state index is 13.3. The third-order valence-electron chi connectivity index (χ3n) is 8.16. The fourth-order valence-electron chi connectivity index (χ4n) is 5.69. The van der Waals surface area contributed by atoms with Crippen LogP contribution < -0.4 is 15.0 Å². The van der Waals surface area contributed by atoms with Crippen molar-refractivity contribution < 1.29 is 27.3 Å². The lowest BCUT2D eigenvalue weighted by molar-refractivity contribution is -0.118. The van der Waals surface area contributed by atoms with Crippen molar-refractivity contribution in [3.05, 3.63) is 107 Å². The molecule has 9 nitrogen and oxygen atoms in total. The van der Waals surface area contributed by atoms with Crippen LogP contribution >= 0.6 is 0 Å². The van der Waals surface area contributed by atoms with Crippen molar-refractivity contribution in [3.63, 3.8) is 0 Å². The maximum absolute atomic E-state index is 13.3. The predicted molar refractivity (Wildman–Crippen MR) is 175 cm³/mol. The lowest BCUT2D eigenvalue weighted by Crippen LogP contribution is -2.35. The smallest absolute Gasteiger partial charge is 0.266 e. The first-order valence-electron chi connectivity index (χ1n) is 15.2. The predicted octanol–water partition coefficient (Wildman–Crippen LogP) is 5.58. The number of nitrogens with one attached hydrogen (secondary N) is 1. The van der Waals surface area contributed by atoms with Gasteiger partial charge < -0.3 is 19.5 Å². The molecule has 0 fully saturated rings. The molecule has 0 bridgehead atoms. The molecule has 1 aliphatic rings. The minimum atomic E-state index is -4.14. The van der Waals surface area contributed by atoms with Crippen LogP contribution in [0.2, 0.25) is 0 Å². The highest BCUT2D eigenvalue weighted by atomic mass is 32.2. The van der Waals surface area contributed by atoms with Gasteiger partial charge in [0.05, 0.1) is 12.4 Å². The summed E-state index contributed by atoms with van der Waals surface area (Å²) in [5.74, 6) is 0.0344. The van der Waals surface area contributed by atoms with Crippen LogP contribution in [0.5, 0.6) is 5.75 Å². The molecule has 0 radical (unpaired) electrons. The average molecular weight is 630 g/mol. The van der Waals surface area contributed by atoms with Crippen molar-refractivity contribution in [1.82, 2.24) is 9.88 Å². The van der Waals surface area contributed by atoms with E-state index in [1.165, 1.54) is 11.1 Å². The average Bonchev–Trinajstić information content (AvgIpc) is 3.48. The van der Waals surface area contributed by atoms with Crippen molar-refractivity contribution in [3.8, 4) is 16.9 Å². The topological polar surface area (TPSA) is 118 Å². The summed E-state index contributed by atoms with van der Waals surface area (Å²) in [6.45, 7) is 5.67. The highest BCUT2D eigenvalue weighted by Crippen LogP contribution is 2.36. The second-order valence-corrected chi connectivity index (χ2v) is 13.0. The summed E-state index contributed by atoms with van der Waals surface area (Å²) in [6, 6.07) is 21.4. The van der Waals surface area contributed by atoms with Gasteiger partial charge in [0.1, 0.15) is 5.75 Å². The van der Waals surface area contributed by atoms with Crippen LogP contribution in [0.4, 0.5) is 5.69 Å². The number of rotatable bonds is 12. The van der Waals surface area contributed by atoms with E-state index in [1.54, 1.807) is 18.2 Å². The molecule has 0 spiro atoms. The van der Waals surface area contributed by atoms with E-state index in [0.717, 1.165) is 46.5 Å².